The lowest BCUT2D eigenvalue weighted by molar-refractivity contribution is -0.137. The third-order valence-corrected chi connectivity index (χ3v) is 5.24. The maximum absolute atomic E-state index is 13.0. The van der Waals surface area contributed by atoms with E-state index < -0.39 is 53.7 Å². The Morgan fingerprint density at radius 2 is 2.00 bits per heavy atom. The minimum Gasteiger partial charge on any atom is -0.393 e. The summed E-state index contributed by atoms with van der Waals surface area (Å²) in [6, 6.07) is 2.46. The quantitative estimate of drug-likeness (QED) is 0.637. The Balaban J connectivity index is 1.79. The number of alkyl halides is 3. The molecule has 1 aromatic rings. The molecular formula is C16H11ClF3NO4. The second kappa shape index (κ2) is 5.06. The molecule has 4 rings (SSSR count). The Morgan fingerprint density at radius 3 is 2.64 bits per heavy atom. The van der Waals surface area contributed by atoms with Gasteiger partial charge in [0.2, 0.25) is 11.8 Å². The van der Waals surface area contributed by atoms with Crippen molar-refractivity contribution >= 4 is 29.1 Å². The Hall–Kier alpha value is -1.90. The van der Waals surface area contributed by atoms with Crippen LogP contribution in [0.2, 0.25) is 5.02 Å². The largest absolute Gasteiger partial charge is 0.416 e. The second-order valence-corrected chi connectivity index (χ2v) is 6.64. The zero-order chi connectivity index (χ0) is 18.1. The molecule has 2 fully saturated rings. The predicted molar refractivity (Wildman–Crippen MR) is 79.8 cm³/mol. The third kappa shape index (κ3) is 2.11. The number of nitrogens with zero attached hydrogens (tertiary/aromatic N) is 1. The first-order valence-corrected chi connectivity index (χ1v) is 7.80. The van der Waals surface area contributed by atoms with Crippen LogP contribution in [0.5, 0.6) is 0 Å². The highest BCUT2D eigenvalue weighted by Gasteiger charge is 2.67. The van der Waals surface area contributed by atoms with Gasteiger partial charge in [-0.3, -0.25) is 9.59 Å². The first-order valence-electron chi connectivity index (χ1n) is 7.42. The number of hydrogen-bond donors (Lipinski definition) is 1. The fraction of sp³-hybridized carbons (Fsp3) is 0.375. The molecule has 1 aromatic carbocycles. The van der Waals surface area contributed by atoms with E-state index in [0.717, 1.165) is 12.1 Å². The van der Waals surface area contributed by atoms with Gasteiger partial charge >= 0.3 is 6.18 Å². The number of hydrogen-bond acceptors (Lipinski definition) is 4. The number of aliphatic hydroxyl groups excluding tert-OH is 1. The van der Waals surface area contributed by atoms with Crippen LogP contribution < -0.4 is 4.90 Å². The van der Waals surface area contributed by atoms with Crippen molar-refractivity contribution in [2.75, 3.05) is 11.5 Å². The molecule has 5 nitrogen and oxygen atoms in total. The van der Waals surface area contributed by atoms with Crippen molar-refractivity contribution in [3.05, 3.63) is 40.9 Å². The van der Waals surface area contributed by atoms with Gasteiger partial charge in [0.05, 0.1) is 40.8 Å². The van der Waals surface area contributed by atoms with E-state index >= 15 is 0 Å². The summed E-state index contributed by atoms with van der Waals surface area (Å²) in [4.78, 5) is 26.2. The first kappa shape index (κ1) is 16.6. The summed E-state index contributed by atoms with van der Waals surface area (Å²) in [7, 11) is 0. The van der Waals surface area contributed by atoms with Crippen LogP contribution >= 0.6 is 11.6 Å². The molecule has 4 atom stereocenters. The fourth-order valence-corrected chi connectivity index (χ4v) is 3.98. The van der Waals surface area contributed by atoms with E-state index in [2.05, 4.69) is 0 Å². The molecule has 0 saturated carbocycles. The third-order valence-electron chi connectivity index (χ3n) is 4.92. The summed E-state index contributed by atoms with van der Waals surface area (Å²) >= 11 is 5.96. The number of aliphatic hydroxyl groups is 1. The molecule has 0 aliphatic carbocycles. The van der Waals surface area contributed by atoms with Crippen LogP contribution in [0, 0.1) is 11.8 Å². The van der Waals surface area contributed by atoms with E-state index in [-0.39, 0.29) is 10.7 Å². The van der Waals surface area contributed by atoms with Gasteiger partial charge in [-0.15, -0.1) is 0 Å². The van der Waals surface area contributed by atoms with E-state index in [0.29, 0.717) is 11.0 Å². The van der Waals surface area contributed by atoms with Crippen LogP contribution in [0.15, 0.2) is 30.4 Å². The zero-order valence-electron chi connectivity index (χ0n) is 12.5. The van der Waals surface area contributed by atoms with Gasteiger partial charge in [-0.1, -0.05) is 23.8 Å². The van der Waals surface area contributed by atoms with Crippen LogP contribution in [0.3, 0.4) is 0 Å². The lowest BCUT2D eigenvalue weighted by Gasteiger charge is -2.26. The summed E-state index contributed by atoms with van der Waals surface area (Å²) in [5.41, 5.74) is -2.64. The summed E-state index contributed by atoms with van der Waals surface area (Å²) in [5, 5.41) is 9.48. The van der Waals surface area contributed by atoms with Gasteiger partial charge in [0.1, 0.15) is 5.60 Å². The topological polar surface area (TPSA) is 66.8 Å². The van der Waals surface area contributed by atoms with Gasteiger partial charge in [0, 0.05) is 0 Å². The Bertz CT molecular complexity index is 824. The molecule has 2 bridgehead atoms. The Morgan fingerprint density at radius 1 is 1.28 bits per heavy atom. The van der Waals surface area contributed by atoms with Gasteiger partial charge in [0.15, 0.2) is 0 Å². The van der Waals surface area contributed by atoms with Crippen LogP contribution in [0.4, 0.5) is 18.9 Å². The number of ether oxygens (including phenoxy) is 1. The molecule has 3 heterocycles. The molecule has 132 valence electrons. The van der Waals surface area contributed by atoms with Crippen LogP contribution in [-0.2, 0) is 20.5 Å². The number of amides is 2. The van der Waals surface area contributed by atoms with Crippen molar-refractivity contribution in [3.8, 4) is 0 Å². The fourth-order valence-electron chi connectivity index (χ4n) is 3.78. The van der Waals surface area contributed by atoms with Crippen molar-refractivity contribution in [2.45, 2.75) is 17.9 Å². The Labute approximate surface area is 144 Å². The van der Waals surface area contributed by atoms with Crippen LogP contribution in [0.1, 0.15) is 5.56 Å². The number of imide groups is 1. The molecule has 3 aliphatic heterocycles. The number of rotatable bonds is 2. The van der Waals surface area contributed by atoms with Gasteiger partial charge in [-0.25, -0.2) is 4.90 Å². The van der Waals surface area contributed by atoms with Crippen molar-refractivity contribution in [1.29, 1.82) is 0 Å². The lowest BCUT2D eigenvalue weighted by Crippen LogP contribution is -2.43. The monoisotopic (exact) mass is 373 g/mol. The molecular weight excluding hydrogens is 363 g/mol. The summed E-state index contributed by atoms with van der Waals surface area (Å²) in [5.74, 6) is -3.26. The molecule has 0 spiro atoms. The highest BCUT2D eigenvalue weighted by atomic mass is 35.5. The molecule has 9 heteroatoms. The highest BCUT2D eigenvalue weighted by molar-refractivity contribution is 6.36. The van der Waals surface area contributed by atoms with E-state index in [1.54, 1.807) is 6.08 Å². The molecule has 0 radical (unpaired) electrons. The average Bonchev–Trinajstić information content (AvgIpc) is 3.19. The lowest BCUT2D eigenvalue weighted by atomic mass is 9.77. The van der Waals surface area contributed by atoms with Crippen molar-refractivity contribution in [2.24, 2.45) is 11.8 Å². The normalized spacial score (nSPS) is 33.5. The van der Waals surface area contributed by atoms with Crippen LogP contribution in [-0.4, -0.2) is 35.2 Å². The van der Waals surface area contributed by atoms with Crippen LogP contribution in [0.25, 0.3) is 0 Å². The molecule has 1 N–H and O–H groups in total. The first-order chi connectivity index (χ1) is 11.7. The number of benzene rings is 1. The van der Waals surface area contributed by atoms with Crippen molar-refractivity contribution in [1.82, 2.24) is 0 Å². The smallest absolute Gasteiger partial charge is 0.393 e. The Kier molecular flexibility index (Phi) is 3.35. The van der Waals surface area contributed by atoms with Crippen molar-refractivity contribution in [3.63, 3.8) is 0 Å². The second-order valence-electron chi connectivity index (χ2n) is 6.23. The summed E-state index contributed by atoms with van der Waals surface area (Å²) < 4.78 is 44.5. The SMILES string of the molecule is O=C1[C@@H]2[C@@H]3C=C[C@@](CO)(O3)[C@@H]2C(=O)N1c1cc(C(F)(F)F)ccc1Cl. The van der Waals surface area contributed by atoms with Crippen molar-refractivity contribution < 1.29 is 32.6 Å². The minimum absolute atomic E-state index is 0.144. The molecule has 2 amide bonds. The molecule has 0 unspecified atom stereocenters. The zero-order valence-corrected chi connectivity index (χ0v) is 13.2. The number of halogens is 4. The van der Waals surface area contributed by atoms with Gasteiger partial charge in [0.25, 0.3) is 0 Å². The highest BCUT2D eigenvalue weighted by Crippen LogP contribution is 2.53. The molecule has 2 saturated heterocycles. The summed E-state index contributed by atoms with van der Waals surface area (Å²) in [6.45, 7) is -0.510. The minimum atomic E-state index is -4.64. The van der Waals surface area contributed by atoms with Gasteiger partial charge in [-0.05, 0) is 18.2 Å². The molecule has 25 heavy (non-hydrogen) atoms. The number of carbonyl (C=O) groups is 2. The van der Waals surface area contributed by atoms with E-state index in [4.69, 9.17) is 16.3 Å². The van der Waals surface area contributed by atoms with E-state index in [1.807, 2.05) is 0 Å². The number of carbonyl (C=O) groups excluding carboxylic acids is 2. The van der Waals surface area contributed by atoms with Gasteiger partial charge in [-0.2, -0.15) is 13.2 Å². The molecule has 3 aliphatic rings. The number of anilines is 1. The summed E-state index contributed by atoms with van der Waals surface area (Å²) in [6.07, 6.45) is -2.22. The molecule has 0 aromatic heterocycles. The predicted octanol–water partition coefficient (Wildman–Crippen LogP) is 2.16. The van der Waals surface area contributed by atoms with E-state index in [1.165, 1.54) is 6.08 Å². The maximum Gasteiger partial charge on any atom is 0.416 e. The van der Waals surface area contributed by atoms with Gasteiger partial charge < -0.3 is 9.84 Å². The maximum atomic E-state index is 13.0. The number of fused-ring (bicyclic) bond motifs is 5. The average molecular weight is 374 g/mol. The standard InChI is InChI=1S/C16H11ClF3NO4/c17-8-2-1-7(16(18,19)20)5-9(8)21-13(23)11-10-3-4-15(6-22,25-10)12(11)14(21)24/h1-5,10-12,22H,6H2/t10-,11+,12-,15-/m0/s1. The van der Waals surface area contributed by atoms with E-state index in [9.17, 15) is 27.9 Å².